The molecule has 7 heteroatoms. The van der Waals surface area contributed by atoms with E-state index in [4.69, 9.17) is 0 Å². The third-order valence-corrected chi connectivity index (χ3v) is 4.43. The van der Waals surface area contributed by atoms with E-state index in [-0.39, 0.29) is 6.04 Å². The Kier molecular flexibility index (Phi) is 2.92. The van der Waals surface area contributed by atoms with Crippen LogP contribution in [0, 0.1) is 0 Å². The van der Waals surface area contributed by atoms with Gasteiger partial charge >= 0.3 is 6.18 Å². The summed E-state index contributed by atoms with van der Waals surface area (Å²) in [5.74, 6) is -0.801. The summed E-state index contributed by atoms with van der Waals surface area (Å²) in [7, 11) is 0. The molecule has 4 nitrogen and oxygen atoms in total. The van der Waals surface area contributed by atoms with Gasteiger partial charge in [0.05, 0.1) is 11.7 Å². The van der Waals surface area contributed by atoms with Crippen molar-refractivity contribution in [2.45, 2.75) is 44.3 Å². The van der Waals surface area contributed by atoms with Crippen LogP contribution < -0.4 is 0 Å². The highest BCUT2D eigenvalue weighted by Gasteiger charge is 2.40. The van der Waals surface area contributed by atoms with E-state index in [2.05, 4.69) is 15.0 Å². The highest BCUT2D eigenvalue weighted by Crippen LogP contribution is 2.39. The van der Waals surface area contributed by atoms with Crippen molar-refractivity contribution in [2.24, 2.45) is 0 Å². The lowest BCUT2D eigenvalue weighted by molar-refractivity contribution is -0.147. The zero-order valence-corrected chi connectivity index (χ0v) is 11.8. The minimum Gasteiger partial charge on any atom is -0.346 e. The van der Waals surface area contributed by atoms with E-state index in [1.807, 2.05) is 0 Å². The fraction of sp³-hybridized carbons (Fsp3) is 0.467. The lowest BCUT2D eigenvalue weighted by atomic mass is 9.95. The molecule has 1 fully saturated rings. The van der Waals surface area contributed by atoms with Crippen LogP contribution >= 0.6 is 0 Å². The van der Waals surface area contributed by atoms with Gasteiger partial charge in [-0.1, -0.05) is 19.3 Å². The molecule has 1 saturated carbocycles. The van der Waals surface area contributed by atoms with Crippen molar-refractivity contribution in [3.05, 3.63) is 24.3 Å². The highest BCUT2D eigenvalue weighted by atomic mass is 19.4. The smallest absolute Gasteiger partial charge is 0.346 e. The summed E-state index contributed by atoms with van der Waals surface area (Å²) >= 11 is 0. The van der Waals surface area contributed by atoms with E-state index < -0.39 is 12.0 Å². The molecule has 0 radical (unpaired) electrons. The number of rotatable bonds is 1. The molecule has 1 N–H and O–H groups in total. The van der Waals surface area contributed by atoms with Gasteiger partial charge in [0.1, 0.15) is 11.2 Å². The standard InChI is InChI=1S/C15H15F3N4/c16-15(17,18)14-21-11-8-20-13-10(6-7-19-13)12(11)22(14)9-4-2-1-3-5-9/h6-9H,1-5H2,(H,19,20). The summed E-state index contributed by atoms with van der Waals surface area (Å²) in [5, 5.41) is 0.700. The molecule has 0 amide bonds. The number of hydrogen-bond acceptors (Lipinski definition) is 2. The second-order valence-electron chi connectivity index (χ2n) is 5.83. The molecule has 0 aromatic carbocycles. The highest BCUT2D eigenvalue weighted by molar-refractivity contribution is 6.01. The van der Waals surface area contributed by atoms with Gasteiger partial charge in [-0.05, 0) is 18.9 Å². The van der Waals surface area contributed by atoms with Crippen LogP contribution in [0.3, 0.4) is 0 Å². The number of hydrogen-bond donors (Lipinski definition) is 1. The number of nitrogens with zero attached hydrogens (tertiary/aromatic N) is 3. The number of aromatic amines is 1. The first-order valence-corrected chi connectivity index (χ1v) is 7.47. The number of pyridine rings is 1. The Morgan fingerprint density at radius 1 is 1.18 bits per heavy atom. The molecule has 1 aliphatic carbocycles. The number of fused-ring (bicyclic) bond motifs is 3. The maximum atomic E-state index is 13.5. The minimum atomic E-state index is -4.46. The van der Waals surface area contributed by atoms with Gasteiger partial charge in [0, 0.05) is 17.6 Å². The maximum Gasteiger partial charge on any atom is 0.449 e. The Bertz CT molecular complexity index is 824. The van der Waals surface area contributed by atoms with Gasteiger partial charge in [-0.15, -0.1) is 0 Å². The predicted octanol–water partition coefficient (Wildman–Crippen LogP) is 4.44. The van der Waals surface area contributed by atoms with Crippen LogP contribution in [0.2, 0.25) is 0 Å². The quantitative estimate of drug-likeness (QED) is 0.722. The van der Waals surface area contributed by atoms with Crippen molar-refractivity contribution in [3.8, 4) is 0 Å². The van der Waals surface area contributed by atoms with Crippen LogP contribution in [0.4, 0.5) is 13.2 Å². The Balaban J connectivity index is 2.05. The van der Waals surface area contributed by atoms with Crippen LogP contribution in [0.25, 0.3) is 22.1 Å². The summed E-state index contributed by atoms with van der Waals surface area (Å²) in [6.45, 7) is 0. The van der Waals surface area contributed by atoms with E-state index >= 15 is 0 Å². The number of nitrogens with one attached hydrogen (secondary N) is 1. The van der Waals surface area contributed by atoms with Crippen molar-refractivity contribution in [3.63, 3.8) is 0 Å². The first kappa shape index (κ1) is 13.6. The van der Waals surface area contributed by atoms with Crippen LogP contribution in [0.1, 0.15) is 44.0 Å². The fourth-order valence-electron chi connectivity index (χ4n) is 3.49. The third kappa shape index (κ3) is 1.99. The molecule has 0 bridgehead atoms. The lowest BCUT2D eigenvalue weighted by Crippen LogP contribution is -2.21. The van der Waals surface area contributed by atoms with Crippen LogP contribution in [0.15, 0.2) is 18.5 Å². The van der Waals surface area contributed by atoms with Crippen LogP contribution in [-0.2, 0) is 6.18 Å². The fourth-order valence-corrected chi connectivity index (χ4v) is 3.49. The number of alkyl halides is 3. The minimum absolute atomic E-state index is 0.143. The monoisotopic (exact) mass is 308 g/mol. The third-order valence-electron chi connectivity index (χ3n) is 4.43. The summed E-state index contributed by atoms with van der Waals surface area (Å²) < 4.78 is 41.8. The van der Waals surface area contributed by atoms with E-state index in [1.54, 1.807) is 12.3 Å². The van der Waals surface area contributed by atoms with Gasteiger partial charge in [0.25, 0.3) is 0 Å². The van der Waals surface area contributed by atoms with Crippen molar-refractivity contribution < 1.29 is 13.2 Å². The lowest BCUT2D eigenvalue weighted by Gasteiger charge is -2.26. The second-order valence-corrected chi connectivity index (χ2v) is 5.83. The summed E-state index contributed by atoms with van der Waals surface area (Å²) in [5.41, 5.74) is 1.45. The number of aromatic nitrogens is 4. The van der Waals surface area contributed by atoms with Gasteiger partial charge < -0.3 is 9.55 Å². The molecule has 0 spiro atoms. The normalized spacial score (nSPS) is 17.6. The van der Waals surface area contributed by atoms with E-state index in [9.17, 15) is 13.2 Å². The van der Waals surface area contributed by atoms with E-state index in [0.717, 1.165) is 32.1 Å². The zero-order valence-electron chi connectivity index (χ0n) is 11.8. The number of H-pyrrole nitrogens is 1. The van der Waals surface area contributed by atoms with Crippen molar-refractivity contribution in [2.75, 3.05) is 0 Å². The molecule has 22 heavy (non-hydrogen) atoms. The van der Waals surface area contributed by atoms with Crippen molar-refractivity contribution >= 4 is 22.1 Å². The van der Waals surface area contributed by atoms with Gasteiger partial charge in [0.2, 0.25) is 5.82 Å². The van der Waals surface area contributed by atoms with Gasteiger partial charge in [-0.3, -0.25) is 0 Å². The average Bonchev–Trinajstić information content (AvgIpc) is 3.11. The summed E-state index contributed by atoms with van der Waals surface area (Å²) in [6.07, 6.45) is 3.20. The maximum absolute atomic E-state index is 13.5. The average molecular weight is 308 g/mol. The van der Waals surface area contributed by atoms with Gasteiger partial charge in [-0.2, -0.15) is 13.2 Å². The number of imidazole rings is 1. The number of halogens is 3. The molecule has 3 aromatic heterocycles. The molecule has 0 atom stereocenters. The van der Waals surface area contributed by atoms with Gasteiger partial charge in [0.15, 0.2) is 0 Å². The molecular weight excluding hydrogens is 293 g/mol. The molecule has 3 heterocycles. The molecule has 0 unspecified atom stereocenters. The Hall–Kier alpha value is -2.05. The Labute approximate surface area is 124 Å². The van der Waals surface area contributed by atoms with E-state index in [0.29, 0.717) is 22.1 Å². The first-order valence-electron chi connectivity index (χ1n) is 7.47. The SMILES string of the molecule is FC(F)(F)c1nc2cnc3[nH]ccc3c2n1C1CCCCC1. The topological polar surface area (TPSA) is 46.5 Å². The van der Waals surface area contributed by atoms with E-state index in [1.165, 1.54) is 10.8 Å². The predicted molar refractivity (Wildman–Crippen MR) is 76.5 cm³/mol. The first-order chi connectivity index (χ1) is 10.6. The van der Waals surface area contributed by atoms with Crippen molar-refractivity contribution in [1.82, 2.24) is 19.5 Å². The summed E-state index contributed by atoms with van der Waals surface area (Å²) in [6, 6.07) is 1.63. The van der Waals surface area contributed by atoms with Crippen LogP contribution in [-0.4, -0.2) is 19.5 Å². The van der Waals surface area contributed by atoms with Crippen LogP contribution in [0.5, 0.6) is 0 Å². The second kappa shape index (κ2) is 4.72. The van der Waals surface area contributed by atoms with Gasteiger partial charge in [-0.25, -0.2) is 9.97 Å². The Morgan fingerprint density at radius 2 is 1.95 bits per heavy atom. The largest absolute Gasteiger partial charge is 0.449 e. The molecule has 0 aliphatic heterocycles. The molecule has 116 valence electrons. The zero-order chi connectivity index (χ0) is 15.3. The molecule has 4 rings (SSSR count). The van der Waals surface area contributed by atoms with Crippen molar-refractivity contribution in [1.29, 1.82) is 0 Å². The molecule has 1 aliphatic rings. The molecule has 0 saturated heterocycles. The Morgan fingerprint density at radius 3 is 2.68 bits per heavy atom. The summed E-state index contributed by atoms with van der Waals surface area (Å²) in [4.78, 5) is 11.0. The molecule has 3 aromatic rings. The molecular formula is C15H15F3N4.